The molecular weight excluding hydrogens is 397 g/mol. The molecule has 0 aliphatic carbocycles. The number of thiocarbonyl (C=S) groups is 1. The molecule has 1 amide bonds. The minimum Gasteiger partial charge on any atom is -0.308 e. The maximum absolute atomic E-state index is 12.3. The van der Waals surface area contributed by atoms with Gasteiger partial charge in [0, 0.05) is 5.02 Å². The second-order valence-electron chi connectivity index (χ2n) is 5.48. The van der Waals surface area contributed by atoms with Crippen molar-refractivity contribution in [3.8, 4) is 0 Å². The number of hydrogen-bond acceptors (Lipinski definition) is 4. The number of anilines is 1. The van der Waals surface area contributed by atoms with Gasteiger partial charge in [-0.2, -0.15) is 0 Å². The average Bonchev–Trinajstić information content (AvgIpc) is 2.89. The largest absolute Gasteiger partial charge is 0.308 e. The van der Waals surface area contributed by atoms with Crippen LogP contribution in [0.5, 0.6) is 0 Å². The van der Waals surface area contributed by atoms with Gasteiger partial charge in [-0.15, -0.1) is 0 Å². The van der Waals surface area contributed by atoms with Crippen LogP contribution in [0.4, 0.5) is 5.13 Å². The van der Waals surface area contributed by atoms with E-state index in [9.17, 15) is 4.79 Å². The SMILES string of the molecule is Cc1cc(C)c2nc(NC(=S)NC(=O)c3ccc(Cl)cc3Cl)sc2c1. The number of benzene rings is 2. The van der Waals surface area contributed by atoms with Crippen LogP contribution in [0.2, 0.25) is 10.0 Å². The number of amides is 1. The molecule has 0 saturated heterocycles. The third-order valence-corrected chi connectivity index (χ3v) is 5.12. The van der Waals surface area contributed by atoms with E-state index in [1.165, 1.54) is 23.0 Å². The summed E-state index contributed by atoms with van der Waals surface area (Å²) in [6.45, 7) is 4.06. The molecule has 0 bridgehead atoms. The van der Waals surface area contributed by atoms with Crippen molar-refractivity contribution in [2.24, 2.45) is 0 Å². The van der Waals surface area contributed by atoms with Gasteiger partial charge in [0.2, 0.25) is 0 Å². The van der Waals surface area contributed by atoms with Gasteiger partial charge in [-0.05, 0) is 61.5 Å². The molecule has 0 aliphatic heterocycles. The molecule has 2 aromatic carbocycles. The molecule has 128 valence electrons. The fraction of sp³-hybridized carbons (Fsp3) is 0.118. The zero-order valence-electron chi connectivity index (χ0n) is 13.3. The predicted octanol–water partition coefficient (Wildman–Crippen LogP) is 5.35. The normalized spacial score (nSPS) is 10.7. The van der Waals surface area contributed by atoms with Crippen LogP contribution in [0, 0.1) is 13.8 Å². The van der Waals surface area contributed by atoms with Crippen molar-refractivity contribution < 1.29 is 4.79 Å². The first-order valence-corrected chi connectivity index (χ1v) is 9.27. The number of nitrogens with zero attached hydrogens (tertiary/aromatic N) is 1. The maximum Gasteiger partial charge on any atom is 0.258 e. The quantitative estimate of drug-likeness (QED) is 0.560. The van der Waals surface area contributed by atoms with Crippen LogP contribution in [0.3, 0.4) is 0 Å². The Bertz CT molecular complexity index is 1000. The summed E-state index contributed by atoms with van der Waals surface area (Å²) >= 11 is 18.5. The van der Waals surface area contributed by atoms with Crippen LogP contribution < -0.4 is 10.6 Å². The number of aryl methyl sites for hydroxylation is 2. The van der Waals surface area contributed by atoms with E-state index < -0.39 is 5.91 Å². The van der Waals surface area contributed by atoms with Crippen molar-refractivity contribution in [2.75, 3.05) is 5.32 Å². The minimum atomic E-state index is -0.410. The van der Waals surface area contributed by atoms with Gasteiger partial charge < -0.3 is 5.32 Å². The Morgan fingerprint density at radius 2 is 1.96 bits per heavy atom. The van der Waals surface area contributed by atoms with Gasteiger partial charge in [-0.25, -0.2) is 4.98 Å². The summed E-state index contributed by atoms with van der Waals surface area (Å²) in [5.74, 6) is -0.410. The number of carbonyl (C=O) groups excluding carboxylic acids is 1. The number of aromatic nitrogens is 1. The van der Waals surface area contributed by atoms with Crippen molar-refractivity contribution in [1.82, 2.24) is 10.3 Å². The lowest BCUT2D eigenvalue weighted by Crippen LogP contribution is -2.34. The molecule has 0 radical (unpaired) electrons. The van der Waals surface area contributed by atoms with E-state index in [1.807, 2.05) is 13.8 Å². The minimum absolute atomic E-state index is 0.157. The highest BCUT2D eigenvalue weighted by Gasteiger charge is 2.14. The summed E-state index contributed by atoms with van der Waals surface area (Å²) in [4.78, 5) is 16.8. The summed E-state index contributed by atoms with van der Waals surface area (Å²) in [6.07, 6.45) is 0. The Hall–Kier alpha value is -1.73. The lowest BCUT2D eigenvalue weighted by molar-refractivity contribution is 0.0978. The summed E-state index contributed by atoms with van der Waals surface area (Å²) in [5, 5.41) is 7.04. The highest BCUT2D eigenvalue weighted by molar-refractivity contribution is 7.80. The molecule has 0 fully saturated rings. The van der Waals surface area contributed by atoms with Gasteiger partial charge in [0.15, 0.2) is 10.2 Å². The molecule has 3 aromatic rings. The molecule has 2 N–H and O–H groups in total. The number of rotatable bonds is 2. The Morgan fingerprint density at radius 3 is 2.68 bits per heavy atom. The fourth-order valence-electron chi connectivity index (χ4n) is 2.40. The Balaban J connectivity index is 1.74. The van der Waals surface area contributed by atoms with Crippen LogP contribution >= 0.6 is 46.8 Å². The predicted molar refractivity (Wildman–Crippen MR) is 109 cm³/mol. The van der Waals surface area contributed by atoms with Crippen LogP contribution in [-0.2, 0) is 0 Å². The van der Waals surface area contributed by atoms with Crippen molar-refractivity contribution in [2.45, 2.75) is 13.8 Å². The highest BCUT2D eigenvalue weighted by atomic mass is 35.5. The number of fused-ring (bicyclic) bond motifs is 1. The van der Waals surface area contributed by atoms with Crippen molar-refractivity contribution in [3.63, 3.8) is 0 Å². The molecule has 25 heavy (non-hydrogen) atoms. The van der Waals surface area contributed by atoms with Gasteiger partial charge in [-0.1, -0.05) is 40.6 Å². The Labute approximate surface area is 164 Å². The first kappa shape index (κ1) is 18.1. The van der Waals surface area contributed by atoms with Crippen LogP contribution in [0.1, 0.15) is 21.5 Å². The average molecular weight is 410 g/mol. The second-order valence-corrected chi connectivity index (χ2v) is 7.76. The summed E-state index contributed by atoms with van der Waals surface area (Å²) in [7, 11) is 0. The highest BCUT2D eigenvalue weighted by Crippen LogP contribution is 2.29. The van der Waals surface area contributed by atoms with Gasteiger partial charge in [-0.3, -0.25) is 10.1 Å². The number of thiazole rings is 1. The number of halogens is 2. The second kappa shape index (κ2) is 7.25. The molecule has 0 saturated carbocycles. The van der Waals surface area contributed by atoms with E-state index in [0.717, 1.165) is 15.8 Å². The molecule has 3 rings (SSSR count). The van der Waals surface area contributed by atoms with E-state index in [4.69, 9.17) is 35.4 Å². The zero-order chi connectivity index (χ0) is 18.1. The molecule has 8 heteroatoms. The topological polar surface area (TPSA) is 54.0 Å². The smallest absolute Gasteiger partial charge is 0.258 e. The zero-order valence-corrected chi connectivity index (χ0v) is 16.5. The lowest BCUT2D eigenvalue weighted by atomic mass is 10.1. The van der Waals surface area contributed by atoms with E-state index in [1.54, 1.807) is 12.1 Å². The number of carbonyl (C=O) groups is 1. The Kier molecular flexibility index (Phi) is 5.24. The van der Waals surface area contributed by atoms with Crippen LogP contribution in [0.15, 0.2) is 30.3 Å². The molecule has 1 heterocycles. The van der Waals surface area contributed by atoms with Gasteiger partial charge >= 0.3 is 0 Å². The third-order valence-electron chi connectivity index (χ3n) is 3.45. The number of hydrogen-bond donors (Lipinski definition) is 2. The van der Waals surface area contributed by atoms with Crippen LogP contribution in [0.25, 0.3) is 10.2 Å². The molecule has 0 unspecified atom stereocenters. The lowest BCUT2D eigenvalue weighted by Gasteiger charge is -2.08. The summed E-state index contributed by atoms with van der Waals surface area (Å²) < 4.78 is 1.06. The molecule has 0 spiro atoms. The van der Waals surface area contributed by atoms with Crippen LogP contribution in [-0.4, -0.2) is 16.0 Å². The van der Waals surface area contributed by atoms with Crippen molar-refractivity contribution in [3.05, 3.63) is 57.1 Å². The summed E-state index contributed by atoms with van der Waals surface area (Å²) in [6, 6.07) is 8.80. The van der Waals surface area contributed by atoms with Gasteiger partial charge in [0.05, 0.1) is 20.8 Å². The molecule has 0 aliphatic rings. The van der Waals surface area contributed by atoms with E-state index in [2.05, 4.69) is 27.8 Å². The van der Waals surface area contributed by atoms with Crippen molar-refractivity contribution in [1.29, 1.82) is 0 Å². The van der Waals surface area contributed by atoms with E-state index in [-0.39, 0.29) is 10.1 Å². The molecule has 1 aromatic heterocycles. The van der Waals surface area contributed by atoms with Gasteiger partial charge in [0.1, 0.15) is 0 Å². The Morgan fingerprint density at radius 1 is 1.20 bits per heavy atom. The fourth-order valence-corrected chi connectivity index (χ4v) is 4.19. The third kappa shape index (κ3) is 4.10. The first-order chi connectivity index (χ1) is 11.8. The van der Waals surface area contributed by atoms with Gasteiger partial charge in [0.25, 0.3) is 5.91 Å². The van der Waals surface area contributed by atoms with E-state index in [0.29, 0.717) is 15.7 Å². The maximum atomic E-state index is 12.3. The first-order valence-electron chi connectivity index (χ1n) is 7.28. The molecule has 0 atom stereocenters. The van der Waals surface area contributed by atoms with Crippen molar-refractivity contribution >= 4 is 73.1 Å². The number of nitrogens with one attached hydrogen (secondary N) is 2. The summed E-state index contributed by atoms with van der Waals surface area (Å²) in [5.41, 5.74) is 3.50. The monoisotopic (exact) mass is 409 g/mol. The standard InChI is InChI=1S/C17H13Cl2N3OS2/c1-8-5-9(2)14-13(6-8)25-17(20-14)22-16(24)21-15(23)11-4-3-10(18)7-12(11)19/h3-7H,1-2H3,(H2,20,21,22,23,24). The molecule has 4 nitrogen and oxygen atoms in total. The molecular formula is C17H13Cl2N3OS2. The van der Waals surface area contributed by atoms with E-state index >= 15 is 0 Å².